The summed E-state index contributed by atoms with van der Waals surface area (Å²) in [7, 11) is 3.71. The second kappa shape index (κ2) is 6.08. The predicted octanol–water partition coefficient (Wildman–Crippen LogP) is 2.39. The van der Waals surface area contributed by atoms with E-state index in [1.165, 1.54) is 5.56 Å². The Labute approximate surface area is 120 Å². The SMILES string of the molecule is COc1ccc(CN(C)Cc2cc(N)n[nH]2)cc1Br. The molecule has 102 valence electrons. The Morgan fingerprint density at radius 3 is 2.74 bits per heavy atom. The van der Waals surface area contributed by atoms with E-state index in [1.54, 1.807) is 7.11 Å². The van der Waals surface area contributed by atoms with Gasteiger partial charge in [0, 0.05) is 19.2 Å². The molecule has 0 unspecified atom stereocenters. The van der Waals surface area contributed by atoms with Crippen molar-refractivity contribution in [2.24, 2.45) is 0 Å². The zero-order valence-corrected chi connectivity index (χ0v) is 12.6. The third-order valence-corrected chi connectivity index (χ3v) is 3.38. The largest absolute Gasteiger partial charge is 0.496 e. The highest BCUT2D eigenvalue weighted by Gasteiger charge is 2.06. The van der Waals surface area contributed by atoms with E-state index in [0.717, 1.165) is 29.0 Å². The molecule has 0 spiro atoms. The van der Waals surface area contributed by atoms with Crippen LogP contribution in [0.2, 0.25) is 0 Å². The summed E-state index contributed by atoms with van der Waals surface area (Å²) in [6.45, 7) is 1.61. The van der Waals surface area contributed by atoms with E-state index in [9.17, 15) is 0 Å². The maximum Gasteiger partial charge on any atom is 0.145 e. The van der Waals surface area contributed by atoms with Crippen LogP contribution in [0.1, 0.15) is 11.3 Å². The number of anilines is 1. The van der Waals surface area contributed by atoms with Gasteiger partial charge in [-0.1, -0.05) is 6.07 Å². The van der Waals surface area contributed by atoms with Crippen molar-refractivity contribution in [3.05, 3.63) is 40.0 Å². The molecule has 1 aromatic heterocycles. The number of rotatable bonds is 5. The van der Waals surface area contributed by atoms with Gasteiger partial charge in [0.25, 0.3) is 0 Å². The fourth-order valence-corrected chi connectivity index (χ4v) is 2.52. The molecule has 1 aromatic carbocycles. The maximum atomic E-state index is 5.58. The number of halogens is 1. The van der Waals surface area contributed by atoms with Crippen molar-refractivity contribution in [3.8, 4) is 5.75 Å². The topological polar surface area (TPSA) is 67.2 Å². The van der Waals surface area contributed by atoms with Gasteiger partial charge in [0.15, 0.2) is 0 Å². The lowest BCUT2D eigenvalue weighted by Crippen LogP contribution is -2.17. The van der Waals surface area contributed by atoms with Gasteiger partial charge in [-0.3, -0.25) is 10.00 Å². The molecular weight excluding hydrogens is 308 g/mol. The quantitative estimate of drug-likeness (QED) is 0.886. The van der Waals surface area contributed by atoms with Crippen LogP contribution in [0, 0.1) is 0 Å². The van der Waals surface area contributed by atoms with Crippen LogP contribution in [0.5, 0.6) is 5.75 Å². The Kier molecular flexibility index (Phi) is 4.44. The predicted molar refractivity (Wildman–Crippen MR) is 78.9 cm³/mol. The fraction of sp³-hybridized carbons (Fsp3) is 0.308. The van der Waals surface area contributed by atoms with Gasteiger partial charge in [0.05, 0.1) is 17.3 Å². The molecule has 6 heteroatoms. The smallest absolute Gasteiger partial charge is 0.145 e. The van der Waals surface area contributed by atoms with Crippen LogP contribution in [-0.2, 0) is 13.1 Å². The zero-order chi connectivity index (χ0) is 13.8. The number of hydrogen-bond donors (Lipinski definition) is 2. The summed E-state index contributed by atoms with van der Waals surface area (Å²) in [5.41, 5.74) is 7.80. The molecule has 0 bridgehead atoms. The molecule has 0 aliphatic rings. The number of nitrogen functional groups attached to an aromatic ring is 1. The summed E-state index contributed by atoms with van der Waals surface area (Å²) in [5, 5.41) is 6.82. The second-order valence-corrected chi connectivity index (χ2v) is 5.31. The lowest BCUT2D eigenvalue weighted by Gasteiger charge is -2.16. The van der Waals surface area contributed by atoms with Crippen LogP contribution in [-0.4, -0.2) is 29.3 Å². The number of H-pyrrole nitrogens is 1. The van der Waals surface area contributed by atoms with E-state index in [0.29, 0.717) is 5.82 Å². The molecule has 0 aliphatic carbocycles. The van der Waals surface area contributed by atoms with Crippen molar-refractivity contribution < 1.29 is 4.74 Å². The Morgan fingerprint density at radius 2 is 2.16 bits per heavy atom. The van der Waals surface area contributed by atoms with Crippen molar-refractivity contribution >= 4 is 21.7 Å². The first-order valence-corrected chi connectivity index (χ1v) is 6.68. The number of benzene rings is 1. The highest BCUT2D eigenvalue weighted by Crippen LogP contribution is 2.26. The van der Waals surface area contributed by atoms with Gasteiger partial charge >= 0.3 is 0 Å². The summed E-state index contributed by atoms with van der Waals surface area (Å²) < 4.78 is 6.18. The average Bonchev–Trinajstić information content (AvgIpc) is 2.74. The van der Waals surface area contributed by atoms with E-state index in [4.69, 9.17) is 10.5 Å². The Hall–Kier alpha value is -1.53. The van der Waals surface area contributed by atoms with Gasteiger partial charge in [-0.2, -0.15) is 5.10 Å². The van der Waals surface area contributed by atoms with Crippen LogP contribution >= 0.6 is 15.9 Å². The normalized spacial score (nSPS) is 10.9. The third kappa shape index (κ3) is 3.71. The number of aromatic amines is 1. The molecule has 0 fully saturated rings. The first kappa shape index (κ1) is 13.9. The maximum absolute atomic E-state index is 5.58. The minimum absolute atomic E-state index is 0.524. The molecule has 2 rings (SSSR count). The van der Waals surface area contributed by atoms with Gasteiger partial charge in [-0.25, -0.2) is 0 Å². The molecule has 1 heterocycles. The van der Waals surface area contributed by atoms with Crippen LogP contribution in [0.4, 0.5) is 5.82 Å². The van der Waals surface area contributed by atoms with Gasteiger partial charge in [0.2, 0.25) is 0 Å². The van der Waals surface area contributed by atoms with Gasteiger partial charge < -0.3 is 10.5 Å². The fourth-order valence-electron chi connectivity index (χ4n) is 1.93. The van der Waals surface area contributed by atoms with Gasteiger partial charge in [0.1, 0.15) is 11.6 Å². The Balaban J connectivity index is 1.98. The molecule has 5 nitrogen and oxygen atoms in total. The van der Waals surface area contributed by atoms with Crippen molar-refractivity contribution in [1.29, 1.82) is 0 Å². The molecule has 0 amide bonds. The standard InChI is InChI=1S/C13H17BrN4O/c1-18(8-10-6-13(15)17-16-10)7-9-3-4-12(19-2)11(14)5-9/h3-6H,7-8H2,1-2H3,(H3,15,16,17). The van der Waals surface area contributed by atoms with Crippen molar-refractivity contribution in [3.63, 3.8) is 0 Å². The number of nitrogens with one attached hydrogen (secondary N) is 1. The minimum atomic E-state index is 0.524. The molecule has 19 heavy (non-hydrogen) atoms. The second-order valence-electron chi connectivity index (χ2n) is 4.46. The Morgan fingerprint density at radius 1 is 1.37 bits per heavy atom. The van der Waals surface area contributed by atoms with Crippen LogP contribution in [0.15, 0.2) is 28.7 Å². The minimum Gasteiger partial charge on any atom is -0.496 e. The number of aromatic nitrogens is 2. The molecule has 0 saturated carbocycles. The van der Waals surface area contributed by atoms with Crippen molar-refractivity contribution in [2.45, 2.75) is 13.1 Å². The summed E-state index contributed by atoms with van der Waals surface area (Å²) >= 11 is 3.49. The highest BCUT2D eigenvalue weighted by atomic mass is 79.9. The highest BCUT2D eigenvalue weighted by molar-refractivity contribution is 9.10. The van der Waals surface area contributed by atoms with Crippen LogP contribution in [0.3, 0.4) is 0 Å². The monoisotopic (exact) mass is 324 g/mol. The number of methoxy groups -OCH3 is 1. The lowest BCUT2D eigenvalue weighted by molar-refractivity contribution is 0.314. The number of nitrogens with two attached hydrogens (primary N) is 1. The summed E-state index contributed by atoms with van der Waals surface area (Å²) in [5.74, 6) is 1.36. The van der Waals surface area contributed by atoms with E-state index >= 15 is 0 Å². The van der Waals surface area contributed by atoms with Gasteiger partial charge in [-0.05, 0) is 40.7 Å². The van der Waals surface area contributed by atoms with Crippen LogP contribution < -0.4 is 10.5 Å². The molecule has 0 atom stereocenters. The van der Waals surface area contributed by atoms with E-state index < -0.39 is 0 Å². The first-order chi connectivity index (χ1) is 9.08. The summed E-state index contributed by atoms with van der Waals surface area (Å²) in [6.07, 6.45) is 0. The molecule has 0 radical (unpaired) electrons. The number of hydrogen-bond acceptors (Lipinski definition) is 4. The number of ether oxygens (including phenoxy) is 1. The van der Waals surface area contributed by atoms with Gasteiger partial charge in [-0.15, -0.1) is 0 Å². The number of nitrogens with zero attached hydrogens (tertiary/aromatic N) is 2. The van der Waals surface area contributed by atoms with Crippen molar-refractivity contribution in [2.75, 3.05) is 19.9 Å². The summed E-state index contributed by atoms with van der Waals surface area (Å²) in [6, 6.07) is 7.93. The molecule has 2 aromatic rings. The third-order valence-electron chi connectivity index (χ3n) is 2.76. The van der Waals surface area contributed by atoms with Crippen LogP contribution in [0.25, 0.3) is 0 Å². The van der Waals surface area contributed by atoms with Crippen molar-refractivity contribution in [1.82, 2.24) is 15.1 Å². The molecule has 0 aliphatic heterocycles. The summed E-state index contributed by atoms with van der Waals surface area (Å²) in [4.78, 5) is 2.18. The lowest BCUT2D eigenvalue weighted by atomic mass is 10.2. The molecule has 3 N–H and O–H groups in total. The van der Waals surface area contributed by atoms with E-state index in [-0.39, 0.29) is 0 Å². The molecular formula is C13H17BrN4O. The first-order valence-electron chi connectivity index (χ1n) is 5.89. The average molecular weight is 325 g/mol. The Bertz CT molecular complexity index is 555. The van der Waals surface area contributed by atoms with E-state index in [2.05, 4.69) is 50.2 Å². The molecule has 0 saturated heterocycles. The van der Waals surface area contributed by atoms with E-state index in [1.807, 2.05) is 12.1 Å². The zero-order valence-electron chi connectivity index (χ0n) is 11.0.